The summed E-state index contributed by atoms with van der Waals surface area (Å²) in [5.74, 6) is -0.810. The monoisotopic (exact) mass is 538 g/mol. The van der Waals surface area contributed by atoms with E-state index in [-0.39, 0.29) is 33.9 Å². The molecular weight excluding hydrogens is 514 g/mol. The number of benzene rings is 1. The van der Waals surface area contributed by atoms with Crippen LogP contribution >= 0.6 is 0 Å². The molecular formula is C29H24F2N8O. The molecule has 0 bridgehead atoms. The van der Waals surface area contributed by atoms with Gasteiger partial charge in [-0.2, -0.15) is 5.10 Å². The van der Waals surface area contributed by atoms with E-state index in [1.807, 2.05) is 20.8 Å². The molecule has 5 aromatic heterocycles. The normalized spacial score (nSPS) is 11.8. The Morgan fingerprint density at radius 1 is 0.975 bits per heavy atom. The van der Waals surface area contributed by atoms with Crippen LogP contribution in [0.4, 0.5) is 14.5 Å². The molecule has 6 aromatic rings. The van der Waals surface area contributed by atoms with Gasteiger partial charge in [-0.15, -0.1) is 0 Å². The molecule has 9 nitrogen and oxygen atoms in total. The first-order valence-electron chi connectivity index (χ1n) is 12.6. The smallest absolute Gasteiger partial charge is 0.224 e. The summed E-state index contributed by atoms with van der Waals surface area (Å²) in [6, 6.07) is 9.52. The molecule has 11 heteroatoms. The summed E-state index contributed by atoms with van der Waals surface area (Å²) >= 11 is 0. The van der Waals surface area contributed by atoms with Crippen molar-refractivity contribution in [1.82, 2.24) is 35.1 Å². The number of carbonyl (C=O) groups is 1. The number of aromatic amines is 2. The van der Waals surface area contributed by atoms with Crippen molar-refractivity contribution in [2.75, 3.05) is 5.32 Å². The molecule has 0 radical (unpaired) electrons. The average molecular weight is 539 g/mol. The molecule has 1 aromatic carbocycles. The number of hydrogen-bond donors (Lipinski definition) is 3. The molecule has 1 amide bonds. The van der Waals surface area contributed by atoms with Crippen LogP contribution in [0.2, 0.25) is 0 Å². The highest BCUT2D eigenvalue weighted by atomic mass is 19.1. The maximum atomic E-state index is 16.1. The SMILES string of the molecule is CC(C)(C)CC(=O)Nc1cncc(-c2ncc3[nH]nc(-c4nc5nccc(-c6ccc(F)cc6)c5[nH]4)c3c2F)c1. The van der Waals surface area contributed by atoms with Crippen LogP contribution in [-0.4, -0.2) is 41.0 Å². The topological polar surface area (TPSA) is 125 Å². The highest BCUT2D eigenvalue weighted by molar-refractivity contribution is 5.97. The Labute approximate surface area is 227 Å². The minimum atomic E-state index is -0.617. The fourth-order valence-electron chi connectivity index (χ4n) is 4.57. The van der Waals surface area contributed by atoms with E-state index in [1.165, 1.54) is 30.7 Å². The molecule has 0 saturated heterocycles. The van der Waals surface area contributed by atoms with E-state index in [1.54, 1.807) is 30.5 Å². The molecule has 0 spiro atoms. The summed E-state index contributed by atoms with van der Waals surface area (Å²) in [4.78, 5) is 33.0. The van der Waals surface area contributed by atoms with Crippen LogP contribution in [0.25, 0.3) is 56.0 Å². The fraction of sp³-hybridized carbons (Fsp3) is 0.172. The molecule has 0 atom stereocenters. The van der Waals surface area contributed by atoms with Gasteiger partial charge < -0.3 is 10.3 Å². The van der Waals surface area contributed by atoms with E-state index in [2.05, 4.69) is 40.4 Å². The van der Waals surface area contributed by atoms with Gasteiger partial charge in [-0.05, 0) is 35.2 Å². The highest BCUT2D eigenvalue weighted by Gasteiger charge is 2.22. The van der Waals surface area contributed by atoms with Gasteiger partial charge in [0.2, 0.25) is 5.91 Å². The van der Waals surface area contributed by atoms with Crippen molar-refractivity contribution < 1.29 is 13.6 Å². The lowest BCUT2D eigenvalue weighted by Gasteiger charge is -2.17. The number of hydrogen-bond acceptors (Lipinski definition) is 6. The number of carbonyl (C=O) groups excluding carboxylic acids is 1. The quantitative estimate of drug-likeness (QED) is 0.237. The minimum Gasteiger partial charge on any atom is -0.335 e. The standard InChI is InChI=1S/C29H24F2N8O/c1-29(2,3)11-21(40)35-18-10-16(12-32-13-18)24-23(31)22-20(14-34-24)38-39-26(22)28-36-25-19(8-9-33-27(25)37-28)15-4-6-17(30)7-5-15/h4-10,12-14H,11H2,1-3H3,(H,35,40)(H,38,39)(H,33,36,37). The van der Waals surface area contributed by atoms with E-state index in [0.717, 1.165) is 11.1 Å². The van der Waals surface area contributed by atoms with Crippen molar-refractivity contribution in [3.63, 3.8) is 0 Å². The van der Waals surface area contributed by atoms with E-state index in [9.17, 15) is 9.18 Å². The molecule has 0 aliphatic rings. The number of nitrogens with one attached hydrogen (secondary N) is 3. The van der Waals surface area contributed by atoms with Crippen molar-refractivity contribution in [2.24, 2.45) is 5.41 Å². The number of anilines is 1. The van der Waals surface area contributed by atoms with Gasteiger partial charge in [0.1, 0.15) is 17.2 Å². The maximum absolute atomic E-state index is 16.1. The molecule has 5 heterocycles. The van der Waals surface area contributed by atoms with Crippen molar-refractivity contribution in [3.05, 3.63) is 72.8 Å². The van der Waals surface area contributed by atoms with E-state index in [0.29, 0.717) is 40.2 Å². The summed E-state index contributed by atoms with van der Waals surface area (Å²) in [5.41, 5.74) is 3.89. The van der Waals surface area contributed by atoms with Crippen molar-refractivity contribution in [3.8, 4) is 33.9 Å². The van der Waals surface area contributed by atoms with Crippen LogP contribution in [0.1, 0.15) is 27.2 Å². The number of nitrogens with zero attached hydrogens (tertiary/aromatic N) is 5. The second kappa shape index (κ2) is 9.60. The van der Waals surface area contributed by atoms with Crippen molar-refractivity contribution in [2.45, 2.75) is 27.2 Å². The van der Waals surface area contributed by atoms with Gasteiger partial charge in [-0.25, -0.2) is 18.7 Å². The van der Waals surface area contributed by atoms with Crippen molar-refractivity contribution >= 4 is 33.7 Å². The van der Waals surface area contributed by atoms with Gasteiger partial charge in [-0.3, -0.25) is 19.9 Å². The van der Waals surface area contributed by atoms with Gasteiger partial charge in [0, 0.05) is 29.9 Å². The largest absolute Gasteiger partial charge is 0.335 e. The highest BCUT2D eigenvalue weighted by Crippen LogP contribution is 2.34. The third-order valence-corrected chi connectivity index (χ3v) is 6.30. The second-order valence-corrected chi connectivity index (χ2v) is 10.7. The molecule has 0 saturated carbocycles. The van der Waals surface area contributed by atoms with Crippen molar-refractivity contribution in [1.29, 1.82) is 0 Å². The number of fused-ring (bicyclic) bond motifs is 2. The first kappa shape index (κ1) is 25.2. The summed E-state index contributed by atoms with van der Waals surface area (Å²) in [7, 11) is 0. The van der Waals surface area contributed by atoms with E-state index >= 15 is 4.39 Å². The van der Waals surface area contributed by atoms with Crippen LogP contribution in [-0.2, 0) is 4.79 Å². The van der Waals surface area contributed by atoms with Crippen LogP contribution in [0.15, 0.2) is 61.2 Å². The Hall–Kier alpha value is -5.06. The Balaban J connectivity index is 1.40. The zero-order chi connectivity index (χ0) is 28.0. The number of amides is 1. The van der Waals surface area contributed by atoms with Crippen LogP contribution < -0.4 is 5.32 Å². The summed E-state index contributed by atoms with van der Waals surface area (Å²) in [5, 5.41) is 10.1. The fourth-order valence-corrected chi connectivity index (χ4v) is 4.57. The van der Waals surface area contributed by atoms with Gasteiger partial charge in [0.25, 0.3) is 0 Å². The number of aromatic nitrogens is 7. The lowest BCUT2D eigenvalue weighted by molar-refractivity contribution is -0.117. The molecule has 0 aliphatic heterocycles. The number of pyridine rings is 3. The van der Waals surface area contributed by atoms with Gasteiger partial charge in [0.15, 0.2) is 17.3 Å². The summed E-state index contributed by atoms with van der Waals surface area (Å²) in [6.45, 7) is 5.92. The van der Waals surface area contributed by atoms with E-state index < -0.39 is 5.82 Å². The number of H-pyrrole nitrogens is 2. The van der Waals surface area contributed by atoms with Crippen LogP contribution in [0.5, 0.6) is 0 Å². The summed E-state index contributed by atoms with van der Waals surface area (Å²) < 4.78 is 29.5. The van der Waals surface area contributed by atoms with E-state index in [4.69, 9.17) is 0 Å². The van der Waals surface area contributed by atoms with Gasteiger partial charge >= 0.3 is 0 Å². The maximum Gasteiger partial charge on any atom is 0.224 e. The number of halogens is 2. The van der Waals surface area contributed by atoms with Crippen LogP contribution in [0, 0.1) is 17.0 Å². The predicted octanol–water partition coefficient (Wildman–Crippen LogP) is 6.28. The Morgan fingerprint density at radius 3 is 2.55 bits per heavy atom. The average Bonchev–Trinajstić information content (AvgIpc) is 3.53. The van der Waals surface area contributed by atoms with Crippen LogP contribution in [0.3, 0.4) is 0 Å². The molecule has 3 N–H and O–H groups in total. The third kappa shape index (κ3) is 4.77. The predicted molar refractivity (Wildman–Crippen MR) is 148 cm³/mol. The molecule has 6 rings (SSSR count). The van der Waals surface area contributed by atoms with Gasteiger partial charge in [-0.1, -0.05) is 32.9 Å². The molecule has 200 valence electrons. The molecule has 0 fully saturated rings. The molecule has 40 heavy (non-hydrogen) atoms. The molecule has 0 aliphatic carbocycles. The first-order chi connectivity index (χ1) is 19.2. The zero-order valence-electron chi connectivity index (χ0n) is 21.9. The van der Waals surface area contributed by atoms with Gasteiger partial charge in [0.05, 0.1) is 34.5 Å². The second-order valence-electron chi connectivity index (χ2n) is 10.7. The summed E-state index contributed by atoms with van der Waals surface area (Å²) in [6.07, 6.45) is 6.40. The Kier molecular flexibility index (Phi) is 6.05. The number of imidazole rings is 1. The third-order valence-electron chi connectivity index (χ3n) is 6.30. The lowest BCUT2D eigenvalue weighted by Crippen LogP contribution is -2.19. The minimum absolute atomic E-state index is 0.0517. The Bertz CT molecular complexity index is 1890. The lowest BCUT2D eigenvalue weighted by atomic mass is 9.92. The number of rotatable bonds is 5. The molecule has 0 unspecified atom stereocenters. The Morgan fingerprint density at radius 2 is 1.77 bits per heavy atom. The zero-order valence-corrected chi connectivity index (χ0v) is 21.9. The first-order valence-corrected chi connectivity index (χ1v) is 12.6.